The lowest BCUT2D eigenvalue weighted by molar-refractivity contribution is -0.130. The molecule has 0 heterocycles. The molecule has 0 aromatic heterocycles. The highest BCUT2D eigenvalue weighted by molar-refractivity contribution is 7.92. The SMILES string of the molecule is CCN(CC)C(=O)CCN(c1cc(C)ccc1C)S(C)(=O)=O. The highest BCUT2D eigenvalue weighted by atomic mass is 32.2. The molecule has 0 spiro atoms. The molecule has 0 aliphatic rings. The summed E-state index contributed by atoms with van der Waals surface area (Å²) in [6, 6.07) is 5.69. The highest BCUT2D eigenvalue weighted by Gasteiger charge is 2.21. The second kappa shape index (κ2) is 7.63. The van der Waals surface area contributed by atoms with Crippen molar-refractivity contribution in [3.8, 4) is 0 Å². The normalized spacial score (nSPS) is 11.3. The second-order valence-corrected chi connectivity index (χ2v) is 7.35. The zero-order valence-electron chi connectivity index (χ0n) is 14.1. The zero-order valence-corrected chi connectivity index (χ0v) is 14.9. The summed E-state index contributed by atoms with van der Waals surface area (Å²) < 4.78 is 25.6. The number of nitrogens with zero attached hydrogens (tertiary/aromatic N) is 2. The van der Waals surface area contributed by atoms with Crippen molar-refractivity contribution in [2.45, 2.75) is 34.1 Å². The average molecular weight is 326 g/mol. The van der Waals surface area contributed by atoms with Crippen LogP contribution in [-0.2, 0) is 14.8 Å². The Morgan fingerprint density at radius 2 is 1.73 bits per heavy atom. The van der Waals surface area contributed by atoms with E-state index in [9.17, 15) is 13.2 Å². The summed E-state index contributed by atoms with van der Waals surface area (Å²) in [7, 11) is -3.43. The Morgan fingerprint density at radius 3 is 2.23 bits per heavy atom. The first-order chi connectivity index (χ1) is 10.2. The van der Waals surface area contributed by atoms with Gasteiger partial charge in [-0.3, -0.25) is 9.10 Å². The van der Waals surface area contributed by atoms with Crippen LogP contribution in [0.3, 0.4) is 0 Å². The Hall–Kier alpha value is -1.56. The summed E-state index contributed by atoms with van der Waals surface area (Å²) in [6.45, 7) is 9.07. The van der Waals surface area contributed by atoms with Gasteiger partial charge in [-0.15, -0.1) is 0 Å². The smallest absolute Gasteiger partial charge is 0.232 e. The molecule has 0 bridgehead atoms. The van der Waals surface area contributed by atoms with Crippen molar-refractivity contribution >= 4 is 21.6 Å². The van der Waals surface area contributed by atoms with E-state index in [0.29, 0.717) is 18.8 Å². The lowest BCUT2D eigenvalue weighted by Crippen LogP contribution is -2.37. The monoisotopic (exact) mass is 326 g/mol. The van der Waals surface area contributed by atoms with Gasteiger partial charge in [0.05, 0.1) is 11.9 Å². The van der Waals surface area contributed by atoms with Crippen molar-refractivity contribution in [1.82, 2.24) is 4.90 Å². The predicted octanol–water partition coefficient (Wildman–Crippen LogP) is 2.33. The number of aryl methyl sites for hydroxylation is 2. The fourth-order valence-electron chi connectivity index (χ4n) is 2.38. The Balaban J connectivity index is 3.02. The number of anilines is 1. The summed E-state index contributed by atoms with van der Waals surface area (Å²) in [5.74, 6) is -0.0241. The van der Waals surface area contributed by atoms with Gasteiger partial charge in [-0.25, -0.2) is 8.42 Å². The largest absolute Gasteiger partial charge is 0.343 e. The molecule has 0 radical (unpaired) electrons. The Morgan fingerprint density at radius 1 is 1.14 bits per heavy atom. The van der Waals surface area contributed by atoms with Crippen molar-refractivity contribution in [2.24, 2.45) is 0 Å². The first-order valence-corrected chi connectivity index (χ1v) is 9.38. The summed E-state index contributed by atoms with van der Waals surface area (Å²) in [5.41, 5.74) is 2.52. The zero-order chi connectivity index (χ0) is 16.9. The first kappa shape index (κ1) is 18.5. The molecule has 0 atom stereocenters. The highest BCUT2D eigenvalue weighted by Crippen LogP contribution is 2.24. The van der Waals surface area contributed by atoms with Gasteiger partial charge in [0, 0.05) is 26.1 Å². The molecule has 1 aromatic carbocycles. The van der Waals surface area contributed by atoms with Crippen molar-refractivity contribution in [1.29, 1.82) is 0 Å². The van der Waals surface area contributed by atoms with E-state index in [4.69, 9.17) is 0 Å². The van der Waals surface area contributed by atoms with Crippen LogP contribution in [0.1, 0.15) is 31.4 Å². The molecule has 22 heavy (non-hydrogen) atoms. The van der Waals surface area contributed by atoms with Crippen molar-refractivity contribution in [2.75, 3.05) is 30.2 Å². The maximum Gasteiger partial charge on any atom is 0.232 e. The number of carbonyl (C=O) groups is 1. The molecule has 0 aliphatic carbocycles. The van der Waals surface area contributed by atoms with Crippen LogP contribution in [0.5, 0.6) is 0 Å². The van der Waals surface area contributed by atoms with Crippen LogP contribution in [0.25, 0.3) is 0 Å². The average Bonchev–Trinajstić information content (AvgIpc) is 2.42. The van der Waals surface area contributed by atoms with Gasteiger partial charge >= 0.3 is 0 Å². The number of hydrogen-bond acceptors (Lipinski definition) is 3. The molecule has 0 saturated heterocycles. The van der Waals surface area contributed by atoms with Crippen molar-refractivity contribution in [3.05, 3.63) is 29.3 Å². The lowest BCUT2D eigenvalue weighted by Gasteiger charge is -2.26. The quantitative estimate of drug-likeness (QED) is 0.773. The molecular formula is C16H26N2O3S. The molecule has 6 heteroatoms. The van der Waals surface area contributed by atoms with E-state index in [1.54, 1.807) is 4.90 Å². The molecule has 0 aliphatic heterocycles. The van der Waals surface area contributed by atoms with Gasteiger partial charge in [0.25, 0.3) is 0 Å². The van der Waals surface area contributed by atoms with E-state index in [-0.39, 0.29) is 18.9 Å². The van der Waals surface area contributed by atoms with Crippen molar-refractivity contribution < 1.29 is 13.2 Å². The van der Waals surface area contributed by atoms with Crippen LogP contribution >= 0.6 is 0 Å². The van der Waals surface area contributed by atoms with Gasteiger partial charge in [0.2, 0.25) is 15.9 Å². The van der Waals surface area contributed by atoms with Gasteiger partial charge < -0.3 is 4.90 Å². The van der Waals surface area contributed by atoms with E-state index >= 15 is 0 Å². The van der Waals surface area contributed by atoms with E-state index in [2.05, 4.69) is 0 Å². The van der Waals surface area contributed by atoms with Gasteiger partial charge in [-0.1, -0.05) is 12.1 Å². The lowest BCUT2D eigenvalue weighted by atomic mass is 10.1. The molecule has 0 unspecified atom stereocenters. The maximum absolute atomic E-state index is 12.1. The molecule has 0 saturated carbocycles. The predicted molar refractivity (Wildman–Crippen MR) is 90.7 cm³/mol. The van der Waals surface area contributed by atoms with E-state index < -0.39 is 10.0 Å². The maximum atomic E-state index is 12.1. The number of benzene rings is 1. The fourth-order valence-corrected chi connectivity index (χ4v) is 3.36. The van der Waals surface area contributed by atoms with Crippen LogP contribution in [0.4, 0.5) is 5.69 Å². The van der Waals surface area contributed by atoms with Crippen molar-refractivity contribution in [3.63, 3.8) is 0 Å². The summed E-state index contributed by atoms with van der Waals surface area (Å²) in [6.07, 6.45) is 1.36. The molecular weight excluding hydrogens is 300 g/mol. The minimum atomic E-state index is -3.43. The second-order valence-electron chi connectivity index (χ2n) is 5.44. The van der Waals surface area contributed by atoms with E-state index in [1.165, 1.54) is 10.6 Å². The van der Waals surface area contributed by atoms with Crippen LogP contribution in [0, 0.1) is 13.8 Å². The van der Waals surface area contributed by atoms with Gasteiger partial charge in [0.15, 0.2) is 0 Å². The molecule has 124 valence electrons. The molecule has 0 fully saturated rings. The van der Waals surface area contributed by atoms with Crippen LogP contribution < -0.4 is 4.31 Å². The topological polar surface area (TPSA) is 57.7 Å². The van der Waals surface area contributed by atoms with E-state index in [1.807, 2.05) is 45.9 Å². The summed E-state index contributed by atoms with van der Waals surface area (Å²) in [4.78, 5) is 13.8. The van der Waals surface area contributed by atoms with Gasteiger partial charge in [-0.05, 0) is 44.9 Å². The summed E-state index contributed by atoms with van der Waals surface area (Å²) >= 11 is 0. The van der Waals surface area contributed by atoms with Gasteiger partial charge in [-0.2, -0.15) is 0 Å². The minimum absolute atomic E-state index is 0.0241. The molecule has 1 aromatic rings. The minimum Gasteiger partial charge on any atom is -0.343 e. The number of carbonyl (C=O) groups excluding carboxylic acids is 1. The molecule has 0 N–H and O–H groups in total. The van der Waals surface area contributed by atoms with Crippen LogP contribution in [-0.4, -0.2) is 45.1 Å². The first-order valence-electron chi connectivity index (χ1n) is 7.53. The third-order valence-corrected chi connectivity index (χ3v) is 4.86. The Bertz CT molecular complexity index is 622. The Labute approximate surface area is 134 Å². The Kier molecular flexibility index (Phi) is 6.41. The third-order valence-electron chi connectivity index (χ3n) is 3.68. The standard InChI is InChI=1S/C16H26N2O3S/c1-6-17(7-2)16(19)10-11-18(22(5,20)21)15-12-13(3)8-9-14(15)4/h8-9,12H,6-7,10-11H2,1-5H3. The van der Waals surface area contributed by atoms with Crippen LogP contribution in [0.15, 0.2) is 18.2 Å². The third kappa shape index (κ3) is 4.73. The van der Waals surface area contributed by atoms with Crippen LogP contribution in [0.2, 0.25) is 0 Å². The fraction of sp³-hybridized carbons (Fsp3) is 0.562. The van der Waals surface area contributed by atoms with Gasteiger partial charge in [0.1, 0.15) is 0 Å². The number of hydrogen-bond donors (Lipinski definition) is 0. The molecule has 1 rings (SSSR count). The van der Waals surface area contributed by atoms with E-state index in [0.717, 1.165) is 11.1 Å². The number of sulfonamides is 1. The molecule has 1 amide bonds. The summed E-state index contributed by atoms with van der Waals surface area (Å²) in [5, 5.41) is 0. The number of rotatable bonds is 7. The number of amides is 1. The molecule has 5 nitrogen and oxygen atoms in total.